The number of furan rings is 1. The highest BCUT2D eigenvalue weighted by Gasteiger charge is 2.16. The molecule has 0 amide bonds. The molecule has 160 valence electrons. The molecule has 2 heteroatoms. The quantitative estimate of drug-likeness (QED) is 0.286. The van der Waals surface area contributed by atoms with Crippen molar-refractivity contribution in [1.82, 2.24) is 4.98 Å². The lowest BCUT2D eigenvalue weighted by atomic mass is 9.87. The summed E-state index contributed by atoms with van der Waals surface area (Å²) < 4.78 is 6.27. The van der Waals surface area contributed by atoms with Crippen molar-refractivity contribution in [2.75, 3.05) is 0 Å². The number of rotatable bonds is 2. The van der Waals surface area contributed by atoms with E-state index < -0.39 is 0 Å². The summed E-state index contributed by atoms with van der Waals surface area (Å²) in [5, 5.41) is 2.27. The van der Waals surface area contributed by atoms with Crippen LogP contribution < -0.4 is 0 Å². The van der Waals surface area contributed by atoms with E-state index in [0.717, 1.165) is 33.2 Å². The van der Waals surface area contributed by atoms with Crippen molar-refractivity contribution in [3.8, 4) is 22.4 Å². The zero-order valence-electron chi connectivity index (χ0n) is 19.7. The first-order chi connectivity index (χ1) is 15.2. The molecule has 2 aromatic heterocycles. The van der Waals surface area contributed by atoms with Gasteiger partial charge >= 0.3 is 0 Å². The summed E-state index contributed by atoms with van der Waals surface area (Å²) in [6.45, 7) is 13.2. The number of nitrogens with zero attached hydrogens (tertiary/aromatic N) is 1. The van der Waals surface area contributed by atoms with Crippen LogP contribution >= 0.6 is 0 Å². The Morgan fingerprint density at radius 3 is 2.12 bits per heavy atom. The zero-order valence-corrected chi connectivity index (χ0v) is 19.7. The van der Waals surface area contributed by atoms with E-state index in [-0.39, 0.29) is 5.41 Å². The van der Waals surface area contributed by atoms with E-state index in [4.69, 9.17) is 4.42 Å². The average Bonchev–Trinajstić information content (AvgIpc) is 3.09. The lowest BCUT2D eigenvalue weighted by Crippen LogP contribution is -2.11. The second-order valence-electron chi connectivity index (χ2n) is 9.98. The Bertz CT molecular complexity index is 1460. The molecule has 0 bridgehead atoms. The third kappa shape index (κ3) is 3.50. The molecule has 3 aromatic carbocycles. The Kier molecular flexibility index (Phi) is 4.70. The van der Waals surface area contributed by atoms with Crippen molar-refractivity contribution < 1.29 is 4.42 Å². The molecule has 2 heterocycles. The van der Waals surface area contributed by atoms with Gasteiger partial charge in [0, 0.05) is 22.5 Å². The highest BCUT2D eigenvalue weighted by atomic mass is 16.3. The fourth-order valence-electron chi connectivity index (χ4n) is 4.78. The van der Waals surface area contributed by atoms with Gasteiger partial charge in [-0.15, -0.1) is 0 Å². The van der Waals surface area contributed by atoms with Crippen molar-refractivity contribution >= 4 is 21.9 Å². The molecule has 0 radical (unpaired) electrons. The van der Waals surface area contributed by atoms with Crippen LogP contribution in [0.5, 0.6) is 0 Å². The topological polar surface area (TPSA) is 26.0 Å². The maximum atomic E-state index is 6.27. The number of fused-ring (bicyclic) bond motifs is 3. The van der Waals surface area contributed by atoms with Gasteiger partial charge in [0.2, 0.25) is 0 Å². The number of pyridine rings is 1. The molecule has 0 aliphatic carbocycles. The molecular weight excluding hydrogens is 390 g/mol. The first-order valence-corrected chi connectivity index (χ1v) is 11.2. The monoisotopic (exact) mass is 419 g/mol. The van der Waals surface area contributed by atoms with Crippen LogP contribution in [-0.4, -0.2) is 4.98 Å². The van der Waals surface area contributed by atoms with Gasteiger partial charge in [0.15, 0.2) is 0 Å². The SMILES string of the molecule is Cc1cc(C)c(-c2ccc3c(c2)oc2ccc(-c4cc(C(C)(C)C)ccn4)cc23)c(C)c1. The van der Waals surface area contributed by atoms with Gasteiger partial charge in [-0.05, 0) is 96.5 Å². The molecule has 0 aliphatic heterocycles. The molecule has 5 aromatic rings. The molecule has 32 heavy (non-hydrogen) atoms. The summed E-state index contributed by atoms with van der Waals surface area (Å²) in [6, 6.07) is 21.8. The number of hydrogen-bond acceptors (Lipinski definition) is 2. The van der Waals surface area contributed by atoms with Crippen LogP contribution in [0.2, 0.25) is 0 Å². The predicted octanol–water partition coefficient (Wildman–Crippen LogP) is 8.54. The van der Waals surface area contributed by atoms with Gasteiger partial charge in [-0.3, -0.25) is 4.98 Å². The third-order valence-electron chi connectivity index (χ3n) is 6.36. The van der Waals surface area contributed by atoms with Crippen LogP contribution in [0.1, 0.15) is 43.0 Å². The molecular formula is C30H29NO. The molecule has 0 N–H and O–H groups in total. The van der Waals surface area contributed by atoms with Gasteiger partial charge in [0.1, 0.15) is 11.2 Å². The summed E-state index contributed by atoms with van der Waals surface area (Å²) in [4.78, 5) is 4.64. The van der Waals surface area contributed by atoms with Crippen LogP contribution in [0.4, 0.5) is 0 Å². The molecule has 0 spiro atoms. The number of aromatic nitrogens is 1. The summed E-state index contributed by atoms with van der Waals surface area (Å²) in [7, 11) is 0. The van der Waals surface area contributed by atoms with Crippen molar-refractivity contribution in [3.63, 3.8) is 0 Å². The number of hydrogen-bond donors (Lipinski definition) is 0. The predicted molar refractivity (Wildman–Crippen MR) is 135 cm³/mol. The maximum absolute atomic E-state index is 6.27. The second-order valence-corrected chi connectivity index (χ2v) is 9.98. The minimum atomic E-state index is 0.0900. The van der Waals surface area contributed by atoms with Crippen molar-refractivity contribution in [2.24, 2.45) is 0 Å². The van der Waals surface area contributed by atoms with Gasteiger partial charge in [0.25, 0.3) is 0 Å². The van der Waals surface area contributed by atoms with E-state index in [1.807, 2.05) is 6.20 Å². The first-order valence-electron chi connectivity index (χ1n) is 11.2. The lowest BCUT2D eigenvalue weighted by molar-refractivity contribution is 0.589. The molecule has 0 unspecified atom stereocenters. The third-order valence-corrected chi connectivity index (χ3v) is 6.36. The van der Waals surface area contributed by atoms with E-state index in [1.54, 1.807) is 0 Å². The summed E-state index contributed by atoms with van der Waals surface area (Å²) in [5.74, 6) is 0. The molecule has 0 saturated carbocycles. The van der Waals surface area contributed by atoms with Crippen LogP contribution in [0.25, 0.3) is 44.3 Å². The standard InChI is InChI=1S/C30H29NO/c1-18-13-19(2)29(20(3)14-18)22-7-9-24-25-15-21(8-10-27(25)32-28(24)16-22)26-17-23(11-12-31-26)30(4,5)6/h7-17H,1-6H3. The van der Waals surface area contributed by atoms with Crippen LogP contribution in [0.15, 0.2) is 71.3 Å². The molecule has 5 rings (SSSR count). The molecule has 0 aliphatic rings. The smallest absolute Gasteiger partial charge is 0.136 e. The Labute approximate surface area is 189 Å². The Morgan fingerprint density at radius 1 is 0.688 bits per heavy atom. The lowest BCUT2D eigenvalue weighted by Gasteiger charge is -2.19. The Balaban J connectivity index is 1.63. The van der Waals surface area contributed by atoms with Crippen molar-refractivity contribution in [3.05, 3.63) is 89.1 Å². The Morgan fingerprint density at radius 2 is 1.41 bits per heavy atom. The van der Waals surface area contributed by atoms with Crippen molar-refractivity contribution in [1.29, 1.82) is 0 Å². The first kappa shape index (κ1) is 20.5. The number of aryl methyl sites for hydroxylation is 3. The largest absolute Gasteiger partial charge is 0.456 e. The fraction of sp³-hybridized carbons (Fsp3) is 0.233. The van der Waals surface area contributed by atoms with Gasteiger partial charge in [0.05, 0.1) is 5.69 Å². The summed E-state index contributed by atoms with van der Waals surface area (Å²) in [6.07, 6.45) is 1.91. The van der Waals surface area contributed by atoms with Gasteiger partial charge in [-0.25, -0.2) is 0 Å². The Hall–Kier alpha value is -3.39. The van der Waals surface area contributed by atoms with E-state index in [9.17, 15) is 0 Å². The summed E-state index contributed by atoms with van der Waals surface area (Å²) in [5.41, 5.74) is 11.7. The maximum Gasteiger partial charge on any atom is 0.136 e. The second kappa shape index (κ2) is 7.34. The van der Waals surface area contributed by atoms with E-state index in [1.165, 1.54) is 33.4 Å². The van der Waals surface area contributed by atoms with Crippen molar-refractivity contribution in [2.45, 2.75) is 47.0 Å². The van der Waals surface area contributed by atoms with Gasteiger partial charge in [-0.1, -0.05) is 44.5 Å². The molecule has 2 nitrogen and oxygen atoms in total. The van der Waals surface area contributed by atoms with Gasteiger partial charge < -0.3 is 4.42 Å². The molecule has 0 fully saturated rings. The summed E-state index contributed by atoms with van der Waals surface area (Å²) >= 11 is 0. The van der Waals surface area contributed by atoms with Crippen LogP contribution in [-0.2, 0) is 5.41 Å². The molecule has 0 atom stereocenters. The minimum Gasteiger partial charge on any atom is -0.456 e. The van der Waals surface area contributed by atoms with Crippen LogP contribution in [0, 0.1) is 20.8 Å². The van der Waals surface area contributed by atoms with Crippen LogP contribution in [0.3, 0.4) is 0 Å². The number of benzene rings is 3. The van der Waals surface area contributed by atoms with E-state index in [0.29, 0.717) is 0 Å². The normalized spacial score (nSPS) is 12.1. The van der Waals surface area contributed by atoms with E-state index in [2.05, 4.69) is 107 Å². The highest BCUT2D eigenvalue weighted by molar-refractivity contribution is 6.07. The zero-order chi connectivity index (χ0) is 22.6. The van der Waals surface area contributed by atoms with Gasteiger partial charge in [-0.2, -0.15) is 0 Å². The minimum absolute atomic E-state index is 0.0900. The molecule has 0 saturated heterocycles. The highest BCUT2D eigenvalue weighted by Crippen LogP contribution is 2.36. The fourth-order valence-corrected chi connectivity index (χ4v) is 4.78. The average molecular weight is 420 g/mol. The van der Waals surface area contributed by atoms with E-state index >= 15 is 0 Å².